The van der Waals surface area contributed by atoms with Gasteiger partial charge in [0, 0.05) is 43.1 Å². The number of H-pyrrole nitrogens is 1. The second-order valence-electron chi connectivity index (χ2n) is 5.06. The first-order valence-electron chi connectivity index (χ1n) is 6.29. The molecule has 2 heterocycles. The molecule has 2 rings (SSSR count). The van der Waals surface area contributed by atoms with Crippen molar-refractivity contribution in [2.45, 2.75) is 32.7 Å². The van der Waals surface area contributed by atoms with E-state index in [0.29, 0.717) is 12.0 Å². The van der Waals surface area contributed by atoms with E-state index in [1.807, 2.05) is 0 Å². The molecule has 1 aliphatic rings. The summed E-state index contributed by atoms with van der Waals surface area (Å²) in [4.78, 5) is 16.9. The van der Waals surface area contributed by atoms with Crippen molar-refractivity contribution in [1.29, 1.82) is 0 Å². The number of pyridine rings is 1. The van der Waals surface area contributed by atoms with E-state index in [1.165, 1.54) is 0 Å². The predicted molar refractivity (Wildman–Crippen MR) is 70.8 cm³/mol. The molecular weight excluding hydrogens is 214 g/mol. The largest absolute Gasteiger partial charge is 0.366 e. The predicted octanol–water partition coefficient (Wildman–Crippen LogP) is 1.30. The minimum absolute atomic E-state index is 0.00284. The van der Waals surface area contributed by atoms with Gasteiger partial charge in [0.2, 0.25) is 5.56 Å². The number of aromatic amines is 1. The maximum Gasteiger partial charge on any atom is 0.250 e. The highest BCUT2D eigenvalue weighted by Gasteiger charge is 2.19. The van der Waals surface area contributed by atoms with Crippen LogP contribution < -0.4 is 15.8 Å². The van der Waals surface area contributed by atoms with Crippen LogP contribution in [0.25, 0.3) is 0 Å². The number of anilines is 1. The maximum absolute atomic E-state index is 11.7. The Bertz CT molecular complexity index is 439. The van der Waals surface area contributed by atoms with Crippen molar-refractivity contribution in [3.05, 3.63) is 28.2 Å². The number of nitrogens with zero attached hydrogens (tertiary/aromatic N) is 1. The summed E-state index contributed by atoms with van der Waals surface area (Å²) in [6, 6.07) is 4.24. The number of piperazine rings is 1. The molecule has 0 spiro atoms. The van der Waals surface area contributed by atoms with Crippen LogP contribution in [0.1, 0.15) is 32.4 Å². The highest BCUT2D eigenvalue weighted by atomic mass is 16.1. The van der Waals surface area contributed by atoms with Gasteiger partial charge in [0.25, 0.3) is 0 Å². The second-order valence-corrected chi connectivity index (χ2v) is 5.06. The van der Waals surface area contributed by atoms with Crippen LogP contribution in [0.4, 0.5) is 5.69 Å². The van der Waals surface area contributed by atoms with Crippen LogP contribution in [0.2, 0.25) is 0 Å². The van der Waals surface area contributed by atoms with Crippen LogP contribution in [-0.2, 0) is 0 Å². The Balaban J connectivity index is 2.34. The summed E-state index contributed by atoms with van der Waals surface area (Å²) in [5, 5.41) is 3.36. The van der Waals surface area contributed by atoms with Crippen LogP contribution in [0.5, 0.6) is 0 Å². The highest BCUT2D eigenvalue weighted by molar-refractivity contribution is 5.48. The first kappa shape index (κ1) is 12.2. The Labute approximate surface area is 102 Å². The van der Waals surface area contributed by atoms with Gasteiger partial charge in [-0.3, -0.25) is 4.79 Å². The molecule has 0 aliphatic carbocycles. The van der Waals surface area contributed by atoms with E-state index in [-0.39, 0.29) is 5.56 Å². The minimum Gasteiger partial charge on any atom is -0.366 e. The summed E-state index contributed by atoms with van der Waals surface area (Å²) >= 11 is 0. The fraction of sp³-hybridized carbons (Fsp3) is 0.615. The molecule has 0 radical (unpaired) electrons. The standard InChI is InChI=1S/C13H21N3O/c1-9(2)12-6-11(7-13(17)15-12)16-5-4-14-8-10(16)3/h6-7,9-10,14H,4-5,8H2,1-3H3,(H,15,17)/t10-/m0/s1. The van der Waals surface area contributed by atoms with Gasteiger partial charge in [-0.25, -0.2) is 0 Å². The Hall–Kier alpha value is -1.29. The SMILES string of the molecule is CC(C)c1cc(N2CCNC[C@@H]2C)cc(=O)[nH]1. The zero-order chi connectivity index (χ0) is 12.4. The summed E-state index contributed by atoms with van der Waals surface area (Å²) in [5.74, 6) is 0.348. The number of aromatic nitrogens is 1. The molecule has 4 nitrogen and oxygen atoms in total. The van der Waals surface area contributed by atoms with Crippen molar-refractivity contribution < 1.29 is 0 Å². The quantitative estimate of drug-likeness (QED) is 0.812. The average molecular weight is 235 g/mol. The van der Waals surface area contributed by atoms with E-state index < -0.39 is 0 Å². The number of rotatable bonds is 2. The fourth-order valence-corrected chi connectivity index (χ4v) is 2.25. The number of hydrogen-bond acceptors (Lipinski definition) is 3. The summed E-state index contributed by atoms with van der Waals surface area (Å²) < 4.78 is 0. The molecule has 1 saturated heterocycles. The van der Waals surface area contributed by atoms with Gasteiger partial charge >= 0.3 is 0 Å². The molecule has 17 heavy (non-hydrogen) atoms. The molecule has 1 fully saturated rings. The lowest BCUT2D eigenvalue weighted by Gasteiger charge is -2.36. The van der Waals surface area contributed by atoms with Crippen LogP contribution in [0, 0.1) is 0 Å². The van der Waals surface area contributed by atoms with Gasteiger partial charge in [-0.05, 0) is 18.9 Å². The van der Waals surface area contributed by atoms with Gasteiger partial charge in [0.1, 0.15) is 0 Å². The Morgan fingerprint density at radius 1 is 1.41 bits per heavy atom. The average Bonchev–Trinajstić information content (AvgIpc) is 2.28. The topological polar surface area (TPSA) is 48.1 Å². The Kier molecular flexibility index (Phi) is 3.52. The lowest BCUT2D eigenvalue weighted by Crippen LogP contribution is -2.50. The van der Waals surface area contributed by atoms with Gasteiger partial charge in [-0.1, -0.05) is 13.8 Å². The molecule has 1 aromatic heterocycles. The van der Waals surface area contributed by atoms with Crippen LogP contribution in [-0.4, -0.2) is 30.7 Å². The molecular formula is C13H21N3O. The first-order chi connectivity index (χ1) is 8.08. The monoisotopic (exact) mass is 235 g/mol. The molecule has 4 heteroatoms. The van der Waals surface area contributed by atoms with Crippen molar-refractivity contribution in [1.82, 2.24) is 10.3 Å². The van der Waals surface area contributed by atoms with Crippen molar-refractivity contribution in [2.75, 3.05) is 24.5 Å². The van der Waals surface area contributed by atoms with E-state index in [4.69, 9.17) is 0 Å². The smallest absolute Gasteiger partial charge is 0.250 e. The molecule has 2 N–H and O–H groups in total. The van der Waals surface area contributed by atoms with E-state index >= 15 is 0 Å². The van der Waals surface area contributed by atoms with E-state index in [1.54, 1.807) is 6.07 Å². The van der Waals surface area contributed by atoms with E-state index in [9.17, 15) is 4.79 Å². The zero-order valence-corrected chi connectivity index (χ0v) is 10.8. The second kappa shape index (κ2) is 4.92. The van der Waals surface area contributed by atoms with Crippen LogP contribution in [0.3, 0.4) is 0 Å². The third-order valence-electron chi connectivity index (χ3n) is 3.30. The molecule has 0 aromatic carbocycles. The van der Waals surface area contributed by atoms with E-state index in [0.717, 1.165) is 31.0 Å². The van der Waals surface area contributed by atoms with Gasteiger partial charge in [0.05, 0.1) is 0 Å². The van der Waals surface area contributed by atoms with Gasteiger partial charge in [-0.15, -0.1) is 0 Å². The van der Waals surface area contributed by atoms with E-state index in [2.05, 4.69) is 42.0 Å². The van der Waals surface area contributed by atoms with Crippen LogP contribution in [0.15, 0.2) is 16.9 Å². The summed E-state index contributed by atoms with van der Waals surface area (Å²) in [6.07, 6.45) is 0. The minimum atomic E-state index is -0.00284. The third-order valence-corrected chi connectivity index (χ3v) is 3.30. The number of nitrogens with one attached hydrogen (secondary N) is 2. The third kappa shape index (κ3) is 2.69. The number of hydrogen-bond donors (Lipinski definition) is 2. The summed E-state index contributed by atoms with van der Waals surface area (Å²) in [7, 11) is 0. The maximum atomic E-state index is 11.7. The molecule has 1 atom stereocenters. The molecule has 0 amide bonds. The molecule has 0 unspecified atom stereocenters. The molecule has 1 aliphatic heterocycles. The molecule has 0 saturated carbocycles. The van der Waals surface area contributed by atoms with Crippen molar-refractivity contribution >= 4 is 5.69 Å². The van der Waals surface area contributed by atoms with Gasteiger partial charge in [-0.2, -0.15) is 0 Å². The summed E-state index contributed by atoms with van der Waals surface area (Å²) in [5.41, 5.74) is 2.06. The Morgan fingerprint density at radius 2 is 2.18 bits per heavy atom. The van der Waals surface area contributed by atoms with Gasteiger partial charge < -0.3 is 15.2 Å². The van der Waals surface area contributed by atoms with Crippen molar-refractivity contribution in [2.24, 2.45) is 0 Å². The lowest BCUT2D eigenvalue weighted by molar-refractivity contribution is 0.500. The van der Waals surface area contributed by atoms with Crippen molar-refractivity contribution in [3.8, 4) is 0 Å². The zero-order valence-electron chi connectivity index (χ0n) is 10.8. The molecule has 0 bridgehead atoms. The first-order valence-corrected chi connectivity index (χ1v) is 6.29. The molecule has 1 aromatic rings. The lowest BCUT2D eigenvalue weighted by atomic mass is 10.1. The van der Waals surface area contributed by atoms with Crippen LogP contribution >= 0.6 is 0 Å². The fourth-order valence-electron chi connectivity index (χ4n) is 2.25. The Morgan fingerprint density at radius 3 is 2.82 bits per heavy atom. The molecule has 94 valence electrons. The van der Waals surface area contributed by atoms with Gasteiger partial charge in [0.15, 0.2) is 0 Å². The highest BCUT2D eigenvalue weighted by Crippen LogP contribution is 2.20. The normalized spacial score (nSPS) is 20.9. The summed E-state index contributed by atoms with van der Waals surface area (Å²) in [6.45, 7) is 9.29. The van der Waals surface area contributed by atoms with Crippen molar-refractivity contribution in [3.63, 3.8) is 0 Å².